The predicted octanol–water partition coefficient (Wildman–Crippen LogP) is 4.00. The molecule has 1 heterocycles. The lowest BCUT2D eigenvalue weighted by Gasteiger charge is -2.13. The molecule has 2 rings (SSSR count). The minimum Gasteiger partial charge on any atom is -0.379 e. The van der Waals surface area contributed by atoms with Gasteiger partial charge in [-0.3, -0.25) is 10.1 Å². The van der Waals surface area contributed by atoms with Crippen LogP contribution < -0.4 is 5.32 Å². The van der Waals surface area contributed by atoms with Crippen LogP contribution >= 0.6 is 11.3 Å². The number of aromatic nitrogens is 1. The first-order chi connectivity index (χ1) is 9.88. The van der Waals surface area contributed by atoms with Crippen molar-refractivity contribution in [2.75, 3.05) is 11.9 Å². The number of nitro benzene ring substituents is 1. The Morgan fingerprint density at radius 2 is 2.05 bits per heavy atom. The van der Waals surface area contributed by atoms with Crippen molar-refractivity contribution < 1.29 is 4.92 Å². The van der Waals surface area contributed by atoms with Crippen molar-refractivity contribution in [1.82, 2.24) is 4.98 Å². The highest BCUT2D eigenvalue weighted by molar-refractivity contribution is 7.09. The summed E-state index contributed by atoms with van der Waals surface area (Å²) in [5.74, 6) is 0. The number of nitro groups is 1. The second-order valence-corrected chi connectivity index (χ2v) is 6.70. The summed E-state index contributed by atoms with van der Waals surface area (Å²) < 4.78 is 0. The van der Waals surface area contributed by atoms with E-state index in [9.17, 15) is 10.1 Å². The van der Waals surface area contributed by atoms with Crippen molar-refractivity contribution >= 4 is 22.7 Å². The molecule has 0 amide bonds. The highest BCUT2D eigenvalue weighted by Gasteiger charge is 2.18. The molecule has 1 aromatic heterocycles. The molecule has 1 aromatic carbocycles. The van der Waals surface area contributed by atoms with Gasteiger partial charge in [-0.05, 0) is 6.07 Å². The van der Waals surface area contributed by atoms with E-state index in [1.807, 2.05) is 0 Å². The minimum absolute atomic E-state index is 0.0640. The van der Waals surface area contributed by atoms with Crippen molar-refractivity contribution in [3.8, 4) is 0 Å². The molecule has 0 bridgehead atoms. The van der Waals surface area contributed by atoms with Gasteiger partial charge in [0.2, 0.25) is 0 Å². The molecule has 0 aliphatic heterocycles. The minimum atomic E-state index is -0.372. The van der Waals surface area contributed by atoms with Gasteiger partial charge in [0.25, 0.3) is 5.69 Å². The average Bonchev–Trinajstić information content (AvgIpc) is 2.88. The number of nitrogens with one attached hydrogen (secondary N) is 1. The Kier molecular flexibility index (Phi) is 4.57. The smallest absolute Gasteiger partial charge is 0.292 e. The zero-order valence-corrected chi connectivity index (χ0v) is 13.2. The quantitative estimate of drug-likeness (QED) is 0.669. The second-order valence-electron chi connectivity index (χ2n) is 5.85. The number of thiazole rings is 1. The molecule has 0 aliphatic carbocycles. The van der Waals surface area contributed by atoms with Crippen molar-refractivity contribution in [3.63, 3.8) is 0 Å². The fourth-order valence-corrected chi connectivity index (χ4v) is 2.82. The molecule has 1 N–H and O–H groups in total. The van der Waals surface area contributed by atoms with Gasteiger partial charge in [-0.2, -0.15) is 0 Å². The van der Waals surface area contributed by atoms with Gasteiger partial charge < -0.3 is 5.32 Å². The maximum Gasteiger partial charge on any atom is 0.292 e. The van der Waals surface area contributed by atoms with Gasteiger partial charge in [0.1, 0.15) is 5.69 Å². The van der Waals surface area contributed by atoms with Crippen LogP contribution in [0.25, 0.3) is 0 Å². The highest BCUT2D eigenvalue weighted by Crippen LogP contribution is 2.26. The Bertz CT molecular complexity index is 632. The number of hydrogen-bond donors (Lipinski definition) is 1. The van der Waals surface area contributed by atoms with Crippen LogP contribution in [0.3, 0.4) is 0 Å². The number of nitrogens with zero attached hydrogens (tertiary/aromatic N) is 2. The molecule has 0 unspecified atom stereocenters. The first kappa shape index (κ1) is 15.4. The van der Waals surface area contributed by atoms with Crippen molar-refractivity contribution in [3.05, 3.63) is 50.5 Å². The standard InChI is InChI=1S/C15H19N3O2S/c1-15(2,3)14-17-11(10-21-14)8-9-16-12-6-4-5-7-13(12)18(19)20/h4-7,10,16H,8-9H2,1-3H3. The van der Waals surface area contributed by atoms with E-state index in [4.69, 9.17) is 0 Å². The van der Waals surface area contributed by atoms with Crippen molar-refractivity contribution in [1.29, 1.82) is 0 Å². The Hall–Kier alpha value is -1.95. The average molecular weight is 305 g/mol. The summed E-state index contributed by atoms with van der Waals surface area (Å²) in [5, 5.41) is 17.2. The van der Waals surface area contributed by atoms with Crippen LogP contribution in [-0.4, -0.2) is 16.5 Å². The van der Waals surface area contributed by atoms with E-state index in [2.05, 4.69) is 36.5 Å². The van der Waals surface area contributed by atoms with Crippen LogP contribution in [0.15, 0.2) is 29.6 Å². The summed E-state index contributed by atoms with van der Waals surface area (Å²) in [6.07, 6.45) is 0.749. The van der Waals surface area contributed by atoms with Crippen LogP contribution in [0.4, 0.5) is 11.4 Å². The van der Waals surface area contributed by atoms with E-state index in [0.29, 0.717) is 12.2 Å². The second kappa shape index (κ2) is 6.22. The molecule has 2 aromatic rings. The summed E-state index contributed by atoms with van der Waals surface area (Å²) in [7, 11) is 0. The van der Waals surface area contributed by atoms with E-state index >= 15 is 0 Å². The van der Waals surface area contributed by atoms with Crippen LogP contribution in [0, 0.1) is 10.1 Å². The fraction of sp³-hybridized carbons (Fsp3) is 0.400. The maximum absolute atomic E-state index is 10.9. The summed E-state index contributed by atoms with van der Waals surface area (Å²) in [6, 6.07) is 6.68. The van der Waals surface area contributed by atoms with Crippen molar-refractivity contribution in [2.45, 2.75) is 32.6 Å². The summed E-state index contributed by atoms with van der Waals surface area (Å²) in [6.45, 7) is 7.04. The largest absolute Gasteiger partial charge is 0.379 e. The number of para-hydroxylation sites is 2. The molecule has 0 radical (unpaired) electrons. The first-order valence-electron chi connectivity index (χ1n) is 6.80. The molecule has 0 fully saturated rings. The fourth-order valence-electron chi connectivity index (χ4n) is 1.87. The molecule has 0 spiro atoms. The molecule has 21 heavy (non-hydrogen) atoms. The van der Waals surface area contributed by atoms with Gasteiger partial charge in [-0.1, -0.05) is 32.9 Å². The zero-order valence-electron chi connectivity index (χ0n) is 12.4. The Morgan fingerprint density at radius 1 is 1.33 bits per heavy atom. The van der Waals surface area contributed by atoms with Crippen LogP contribution in [0.1, 0.15) is 31.5 Å². The van der Waals surface area contributed by atoms with E-state index in [1.165, 1.54) is 6.07 Å². The zero-order chi connectivity index (χ0) is 15.5. The maximum atomic E-state index is 10.9. The molecule has 5 nitrogen and oxygen atoms in total. The molecule has 0 atom stereocenters. The number of anilines is 1. The van der Waals surface area contributed by atoms with Gasteiger partial charge >= 0.3 is 0 Å². The van der Waals surface area contributed by atoms with Crippen LogP contribution in [-0.2, 0) is 11.8 Å². The molecule has 0 saturated carbocycles. The third-order valence-corrected chi connectivity index (χ3v) is 4.31. The van der Waals surface area contributed by atoms with Crippen molar-refractivity contribution in [2.24, 2.45) is 0 Å². The molecule has 0 aliphatic rings. The molecular formula is C15H19N3O2S. The summed E-state index contributed by atoms with van der Waals surface area (Å²) >= 11 is 1.66. The highest BCUT2D eigenvalue weighted by atomic mass is 32.1. The number of rotatable bonds is 5. The normalized spacial score (nSPS) is 11.4. The van der Waals surface area contributed by atoms with Gasteiger partial charge in [-0.15, -0.1) is 11.3 Å². The molecule has 6 heteroatoms. The lowest BCUT2D eigenvalue weighted by Crippen LogP contribution is -2.11. The lowest BCUT2D eigenvalue weighted by molar-refractivity contribution is -0.384. The molecule has 112 valence electrons. The predicted molar refractivity (Wildman–Crippen MR) is 86.1 cm³/mol. The van der Waals surface area contributed by atoms with Crippen LogP contribution in [0.5, 0.6) is 0 Å². The van der Waals surface area contributed by atoms with Crippen LogP contribution in [0.2, 0.25) is 0 Å². The van der Waals surface area contributed by atoms with Gasteiger partial charge in [0.15, 0.2) is 0 Å². The third-order valence-electron chi connectivity index (χ3n) is 2.99. The third kappa shape index (κ3) is 4.01. The topological polar surface area (TPSA) is 68.1 Å². The van der Waals surface area contributed by atoms with E-state index in [1.54, 1.807) is 29.5 Å². The van der Waals surface area contributed by atoms with Gasteiger partial charge in [-0.25, -0.2) is 4.98 Å². The Labute approximate surface area is 128 Å². The number of benzene rings is 1. The summed E-state index contributed by atoms with van der Waals surface area (Å²) in [4.78, 5) is 15.2. The van der Waals surface area contributed by atoms with Gasteiger partial charge in [0, 0.05) is 29.8 Å². The van der Waals surface area contributed by atoms with E-state index in [0.717, 1.165) is 17.1 Å². The number of hydrogen-bond acceptors (Lipinski definition) is 5. The molecule has 0 saturated heterocycles. The van der Waals surface area contributed by atoms with E-state index < -0.39 is 0 Å². The SMILES string of the molecule is CC(C)(C)c1nc(CCNc2ccccc2[N+](=O)[O-])cs1. The van der Waals surface area contributed by atoms with E-state index in [-0.39, 0.29) is 16.0 Å². The molecular weight excluding hydrogens is 286 g/mol. The first-order valence-corrected chi connectivity index (χ1v) is 7.68. The lowest BCUT2D eigenvalue weighted by atomic mass is 9.98. The Balaban J connectivity index is 1.96. The van der Waals surface area contributed by atoms with Gasteiger partial charge in [0.05, 0.1) is 15.6 Å². The Morgan fingerprint density at radius 3 is 2.67 bits per heavy atom. The summed E-state index contributed by atoms with van der Waals surface area (Å²) in [5.41, 5.74) is 1.74. The monoisotopic (exact) mass is 305 g/mol.